The SMILES string of the molecule is CC(CNC(=O)[C@@H](N)C(C)C)Oc1cccc(Cl)c1. The van der Waals surface area contributed by atoms with Gasteiger partial charge >= 0.3 is 0 Å². The van der Waals surface area contributed by atoms with Crippen molar-refractivity contribution in [3.8, 4) is 5.75 Å². The Morgan fingerprint density at radius 2 is 2.11 bits per heavy atom. The van der Waals surface area contributed by atoms with E-state index in [1.54, 1.807) is 12.1 Å². The van der Waals surface area contributed by atoms with Crippen LogP contribution in [0.5, 0.6) is 5.75 Å². The monoisotopic (exact) mass is 284 g/mol. The Labute approximate surface area is 119 Å². The topological polar surface area (TPSA) is 64.4 Å². The number of ether oxygens (including phenoxy) is 1. The zero-order valence-electron chi connectivity index (χ0n) is 11.5. The average Bonchev–Trinajstić information content (AvgIpc) is 2.34. The molecule has 0 bridgehead atoms. The molecule has 106 valence electrons. The Bertz CT molecular complexity index is 424. The van der Waals surface area contributed by atoms with Gasteiger partial charge in [0.2, 0.25) is 5.91 Å². The van der Waals surface area contributed by atoms with Crippen molar-refractivity contribution < 1.29 is 9.53 Å². The number of nitrogens with one attached hydrogen (secondary N) is 1. The molecule has 1 aromatic carbocycles. The standard InChI is InChI=1S/C14H21ClN2O2/c1-9(2)13(16)14(18)17-8-10(3)19-12-6-4-5-11(15)7-12/h4-7,9-10,13H,8,16H2,1-3H3,(H,17,18)/t10?,13-/m0/s1. The van der Waals surface area contributed by atoms with Crippen molar-refractivity contribution in [2.24, 2.45) is 11.7 Å². The van der Waals surface area contributed by atoms with Crippen LogP contribution < -0.4 is 15.8 Å². The van der Waals surface area contributed by atoms with Crippen LogP contribution in [0.1, 0.15) is 20.8 Å². The third kappa shape index (κ3) is 5.49. The van der Waals surface area contributed by atoms with Gasteiger partial charge in [0.1, 0.15) is 11.9 Å². The fourth-order valence-corrected chi connectivity index (χ4v) is 1.66. The van der Waals surface area contributed by atoms with Gasteiger partial charge < -0.3 is 15.8 Å². The second-order valence-corrected chi connectivity index (χ2v) is 5.34. The van der Waals surface area contributed by atoms with Crippen LogP contribution in [0.25, 0.3) is 0 Å². The Morgan fingerprint density at radius 3 is 2.68 bits per heavy atom. The molecule has 19 heavy (non-hydrogen) atoms. The Hall–Kier alpha value is -1.26. The van der Waals surface area contributed by atoms with Crippen LogP contribution in [0, 0.1) is 5.92 Å². The number of nitrogens with two attached hydrogens (primary N) is 1. The predicted octanol–water partition coefficient (Wildman–Crippen LogP) is 2.21. The Kier molecular flexibility index (Phi) is 6.12. The summed E-state index contributed by atoms with van der Waals surface area (Å²) in [7, 11) is 0. The molecule has 4 nitrogen and oxygen atoms in total. The van der Waals surface area contributed by atoms with Crippen molar-refractivity contribution >= 4 is 17.5 Å². The van der Waals surface area contributed by atoms with Gasteiger partial charge in [-0.2, -0.15) is 0 Å². The van der Waals surface area contributed by atoms with Crippen molar-refractivity contribution in [2.75, 3.05) is 6.54 Å². The highest BCUT2D eigenvalue weighted by atomic mass is 35.5. The number of hydrogen-bond acceptors (Lipinski definition) is 3. The average molecular weight is 285 g/mol. The van der Waals surface area contributed by atoms with Crippen LogP contribution >= 0.6 is 11.6 Å². The molecule has 0 heterocycles. The van der Waals surface area contributed by atoms with E-state index in [1.807, 2.05) is 32.9 Å². The molecule has 0 fully saturated rings. The van der Waals surface area contributed by atoms with E-state index in [0.29, 0.717) is 17.3 Å². The lowest BCUT2D eigenvalue weighted by molar-refractivity contribution is -0.123. The van der Waals surface area contributed by atoms with E-state index in [-0.39, 0.29) is 17.9 Å². The molecular weight excluding hydrogens is 264 g/mol. The number of carbonyl (C=O) groups is 1. The van der Waals surface area contributed by atoms with E-state index >= 15 is 0 Å². The summed E-state index contributed by atoms with van der Waals surface area (Å²) < 4.78 is 5.65. The molecule has 1 rings (SSSR count). The summed E-state index contributed by atoms with van der Waals surface area (Å²) in [6.45, 7) is 6.11. The fraction of sp³-hybridized carbons (Fsp3) is 0.500. The van der Waals surface area contributed by atoms with E-state index in [2.05, 4.69) is 5.32 Å². The number of benzene rings is 1. The van der Waals surface area contributed by atoms with Crippen LogP contribution in [0.2, 0.25) is 5.02 Å². The third-order valence-electron chi connectivity index (χ3n) is 2.72. The van der Waals surface area contributed by atoms with Gasteiger partial charge in [0.05, 0.1) is 12.6 Å². The second kappa shape index (κ2) is 7.36. The van der Waals surface area contributed by atoms with Crippen LogP contribution in [0.15, 0.2) is 24.3 Å². The Balaban J connectivity index is 2.40. The first-order valence-corrected chi connectivity index (χ1v) is 6.73. The van der Waals surface area contributed by atoms with E-state index in [9.17, 15) is 4.79 Å². The molecule has 0 aliphatic rings. The zero-order chi connectivity index (χ0) is 14.4. The zero-order valence-corrected chi connectivity index (χ0v) is 12.3. The highest BCUT2D eigenvalue weighted by Gasteiger charge is 2.17. The number of rotatable bonds is 6. The summed E-state index contributed by atoms with van der Waals surface area (Å²) in [4.78, 5) is 11.7. The van der Waals surface area contributed by atoms with Gasteiger partial charge in [-0.1, -0.05) is 31.5 Å². The number of carbonyl (C=O) groups excluding carboxylic acids is 1. The molecule has 0 radical (unpaired) electrons. The summed E-state index contributed by atoms with van der Waals surface area (Å²) in [5.41, 5.74) is 5.75. The maximum absolute atomic E-state index is 11.7. The molecule has 0 saturated heterocycles. The summed E-state index contributed by atoms with van der Waals surface area (Å²) >= 11 is 5.87. The lowest BCUT2D eigenvalue weighted by Gasteiger charge is -2.19. The van der Waals surface area contributed by atoms with Crippen molar-refractivity contribution in [1.29, 1.82) is 0 Å². The van der Waals surface area contributed by atoms with Crippen LogP contribution in [0.4, 0.5) is 0 Å². The van der Waals surface area contributed by atoms with Crippen LogP contribution in [-0.2, 0) is 4.79 Å². The van der Waals surface area contributed by atoms with Gasteiger partial charge in [-0.05, 0) is 31.0 Å². The quantitative estimate of drug-likeness (QED) is 0.842. The van der Waals surface area contributed by atoms with Crippen molar-refractivity contribution in [1.82, 2.24) is 5.32 Å². The normalized spacial score (nSPS) is 14.0. The van der Waals surface area contributed by atoms with E-state index in [1.165, 1.54) is 0 Å². The lowest BCUT2D eigenvalue weighted by Crippen LogP contribution is -2.46. The van der Waals surface area contributed by atoms with Crippen molar-refractivity contribution in [3.05, 3.63) is 29.3 Å². The Morgan fingerprint density at radius 1 is 1.42 bits per heavy atom. The minimum absolute atomic E-state index is 0.115. The van der Waals surface area contributed by atoms with E-state index < -0.39 is 6.04 Å². The number of halogens is 1. The fourth-order valence-electron chi connectivity index (χ4n) is 1.48. The molecule has 0 saturated carbocycles. The van der Waals surface area contributed by atoms with Gasteiger partial charge in [-0.3, -0.25) is 4.79 Å². The molecule has 1 unspecified atom stereocenters. The number of amides is 1. The first-order valence-electron chi connectivity index (χ1n) is 6.35. The molecule has 1 aromatic rings. The summed E-state index contributed by atoms with van der Waals surface area (Å²) in [6, 6.07) is 6.67. The van der Waals surface area contributed by atoms with Gasteiger partial charge in [0.15, 0.2) is 0 Å². The molecule has 0 spiro atoms. The summed E-state index contributed by atoms with van der Waals surface area (Å²) in [5.74, 6) is 0.642. The molecule has 0 aromatic heterocycles. The lowest BCUT2D eigenvalue weighted by atomic mass is 10.1. The summed E-state index contributed by atoms with van der Waals surface area (Å²) in [6.07, 6.45) is -0.151. The minimum atomic E-state index is -0.488. The smallest absolute Gasteiger partial charge is 0.237 e. The highest BCUT2D eigenvalue weighted by Crippen LogP contribution is 2.18. The maximum Gasteiger partial charge on any atom is 0.237 e. The second-order valence-electron chi connectivity index (χ2n) is 4.90. The number of hydrogen-bond donors (Lipinski definition) is 2. The van der Waals surface area contributed by atoms with Gasteiger partial charge in [0, 0.05) is 5.02 Å². The third-order valence-corrected chi connectivity index (χ3v) is 2.95. The van der Waals surface area contributed by atoms with Crippen LogP contribution in [0.3, 0.4) is 0 Å². The highest BCUT2D eigenvalue weighted by molar-refractivity contribution is 6.30. The maximum atomic E-state index is 11.7. The first-order chi connectivity index (χ1) is 8.90. The molecule has 0 aliphatic carbocycles. The molecule has 1 amide bonds. The first kappa shape index (κ1) is 15.8. The summed E-state index contributed by atoms with van der Waals surface area (Å²) in [5, 5.41) is 3.40. The molecule has 3 N–H and O–H groups in total. The molecule has 2 atom stereocenters. The minimum Gasteiger partial charge on any atom is -0.489 e. The van der Waals surface area contributed by atoms with E-state index in [0.717, 1.165) is 0 Å². The molecule has 0 aliphatic heterocycles. The molecule has 5 heteroatoms. The predicted molar refractivity (Wildman–Crippen MR) is 77.4 cm³/mol. The van der Waals surface area contributed by atoms with Crippen molar-refractivity contribution in [2.45, 2.75) is 32.9 Å². The molecular formula is C14H21ClN2O2. The largest absolute Gasteiger partial charge is 0.489 e. The van der Waals surface area contributed by atoms with Gasteiger partial charge in [-0.15, -0.1) is 0 Å². The van der Waals surface area contributed by atoms with E-state index in [4.69, 9.17) is 22.1 Å². The van der Waals surface area contributed by atoms with Gasteiger partial charge in [-0.25, -0.2) is 0 Å². The van der Waals surface area contributed by atoms with Crippen LogP contribution in [-0.4, -0.2) is 24.6 Å². The van der Waals surface area contributed by atoms with Crippen molar-refractivity contribution in [3.63, 3.8) is 0 Å². The van der Waals surface area contributed by atoms with Gasteiger partial charge in [0.25, 0.3) is 0 Å².